The Hall–Kier alpha value is -1.86. The molecule has 0 saturated carbocycles. The summed E-state index contributed by atoms with van der Waals surface area (Å²) in [6.45, 7) is 2.41. The van der Waals surface area contributed by atoms with E-state index in [1.807, 2.05) is 0 Å². The fourth-order valence-electron chi connectivity index (χ4n) is 3.94. The van der Waals surface area contributed by atoms with Crippen molar-refractivity contribution in [2.24, 2.45) is 5.92 Å². The van der Waals surface area contributed by atoms with Gasteiger partial charge in [0.1, 0.15) is 0 Å². The minimum atomic E-state index is 0.680. The molecule has 1 aliphatic heterocycles. The number of nitrogens with zero attached hydrogens (tertiary/aromatic N) is 1. The summed E-state index contributed by atoms with van der Waals surface area (Å²) in [6, 6.07) is 17.9. The lowest BCUT2D eigenvalue weighted by molar-refractivity contribution is 0.408. The second-order valence-corrected chi connectivity index (χ2v) is 6.71. The normalized spacial score (nSPS) is 21.1. The lowest BCUT2D eigenvalue weighted by atomic mass is 9.90. The van der Waals surface area contributed by atoms with Gasteiger partial charge in [-0.1, -0.05) is 54.6 Å². The van der Waals surface area contributed by atoms with Crippen LogP contribution in [-0.2, 0) is 12.8 Å². The van der Waals surface area contributed by atoms with Gasteiger partial charge >= 0.3 is 0 Å². The fraction of sp³-hybridized carbons (Fsp3) is 0.333. The number of aryl methyl sites for hydroxylation is 2. The van der Waals surface area contributed by atoms with Crippen LogP contribution in [0.4, 0.5) is 0 Å². The summed E-state index contributed by atoms with van der Waals surface area (Å²) in [5.41, 5.74) is 7.35. The Morgan fingerprint density at radius 2 is 1.50 bits per heavy atom. The van der Waals surface area contributed by atoms with Gasteiger partial charge in [-0.3, -0.25) is 0 Å². The van der Waals surface area contributed by atoms with E-state index in [1.165, 1.54) is 47.3 Å². The van der Waals surface area contributed by atoms with Crippen molar-refractivity contribution in [1.29, 1.82) is 0 Å². The van der Waals surface area contributed by atoms with Crippen molar-refractivity contribution >= 4 is 5.57 Å². The molecule has 2 aromatic rings. The van der Waals surface area contributed by atoms with E-state index in [-0.39, 0.29) is 0 Å². The maximum Gasteiger partial charge on any atom is 0.00421 e. The Balaban J connectivity index is 1.86. The first kappa shape index (κ1) is 13.8. The van der Waals surface area contributed by atoms with Crippen molar-refractivity contribution in [1.82, 2.24) is 4.90 Å². The SMILES string of the molecule is CN1CCC(C=C2c3ccccc3CCc3ccccc32)C1. The lowest BCUT2D eigenvalue weighted by Crippen LogP contribution is -2.13. The van der Waals surface area contributed by atoms with E-state index in [2.05, 4.69) is 66.6 Å². The summed E-state index contributed by atoms with van der Waals surface area (Å²) < 4.78 is 0. The van der Waals surface area contributed by atoms with Gasteiger partial charge in [-0.2, -0.15) is 0 Å². The molecule has 1 nitrogen and oxygen atoms in total. The van der Waals surface area contributed by atoms with Gasteiger partial charge in [-0.05, 0) is 66.6 Å². The summed E-state index contributed by atoms with van der Waals surface area (Å²) in [5.74, 6) is 0.680. The molecular formula is C21H23N. The highest BCUT2D eigenvalue weighted by atomic mass is 15.1. The van der Waals surface area contributed by atoms with Gasteiger partial charge in [0.25, 0.3) is 0 Å². The molecule has 22 heavy (non-hydrogen) atoms. The smallest absolute Gasteiger partial charge is 0.00421 e. The summed E-state index contributed by atoms with van der Waals surface area (Å²) in [5, 5.41) is 0. The summed E-state index contributed by atoms with van der Waals surface area (Å²) in [7, 11) is 2.23. The number of benzene rings is 2. The third kappa shape index (κ3) is 2.50. The van der Waals surface area contributed by atoms with Gasteiger partial charge in [0.05, 0.1) is 0 Å². The third-order valence-electron chi connectivity index (χ3n) is 5.11. The fourth-order valence-corrected chi connectivity index (χ4v) is 3.94. The van der Waals surface area contributed by atoms with Gasteiger partial charge in [0.15, 0.2) is 0 Å². The molecule has 112 valence electrons. The zero-order chi connectivity index (χ0) is 14.9. The maximum atomic E-state index is 2.55. The standard InChI is InChI=1S/C21H23N/c1-22-13-12-16(15-22)14-21-19-8-4-2-6-17(19)10-11-18-7-3-5-9-20(18)21/h2-9,14,16H,10-13,15H2,1H3. The van der Waals surface area contributed by atoms with Crippen LogP contribution in [0, 0.1) is 5.92 Å². The molecule has 2 aromatic carbocycles. The predicted octanol–water partition coefficient (Wildman–Crippen LogP) is 4.17. The molecule has 0 amide bonds. The van der Waals surface area contributed by atoms with E-state index in [1.54, 1.807) is 0 Å². The molecule has 4 rings (SSSR count). The van der Waals surface area contributed by atoms with Gasteiger partial charge in [0, 0.05) is 6.54 Å². The van der Waals surface area contributed by atoms with Crippen molar-refractivity contribution in [2.75, 3.05) is 20.1 Å². The predicted molar refractivity (Wildman–Crippen MR) is 93.0 cm³/mol. The zero-order valence-corrected chi connectivity index (χ0v) is 13.3. The largest absolute Gasteiger partial charge is 0.306 e. The molecule has 1 atom stereocenters. The van der Waals surface area contributed by atoms with E-state index in [4.69, 9.17) is 0 Å². The number of rotatable bonds is 1. The number of likely N-dealkylation sites (tertiary alicyclic amines) is 1. The first-order valence-corrected chi connectivity index (χ1v) is 8.38. The molecule has 1 heterocycles. The average Bonchev–Trinajstić information content (AvgIpc) is 2.89. The van der Waals surface area contributed by atoms with Crippen molar-refractivity contribution in [3.05, 3.63) is 76.9 Å². The molecular weight excluding hydrogens is 266 g/mol. The summed E-state index contributed by atoms with van der Waals surface area (Å²) >= 11 is 0. The van der Waals surface area contributed by atoms with Gasteiger partial charge in [0.2, 0.25) is 0 Å². The van der Waals surface area contributed by atoms with Gasteiger partial charge in [-0.25, -0.2) is 0 Å². The minimum Gasteiger partial charge on any atom is -0.306 e. The van der Waals surface area contributed by atoms with Gasteiger partial charge < -0.3 is 4.90 Å². The Morgan fingerprint density at radius 1 is 0.909 bits per heavy atom. The maximum absolute atomic E-state index is 2.55. The van der Waals surface area contributed by atoms with Crippen LogP contribution in [0.2, 0.25) is 0 Å². The van der Waals surface area contributed by atoms with Crippen LogP contribution in [0.1, 0.15) is 28.7 Å². The van der Waals surface area contributed by atoms with Crippen LogP contribution < -0.4 is 0 Å². The van der Waals surface area contributed by atoms with Crippen molar-refractivity contribution in [3.8, 4) is 0 Å². The highest BCUT2D eigenvalue weighted by Crippen LogP contribution is 2.35. The quantitative estimate of drug-likeness (QED) is 0.761. The first-order valence-electron chi connectivity index (χ1n) is 8.38. The van der Waals surface area contributed by atoms with Crippen LogP contribution in [0.3, 0.4) is 0 Å². The molecule has 1 fully saturated rings. The lowest BCUT2D eigenvalue weighted by Gasteiger charge is -2.14. The van der Waals surface area contributed by atoms with E-state index < -0.39 is 0 Å². The highest BCUT2D eigenvalue weighted by molar-refractivity contribution is 5.84. The summed E-state index contributed by atoms with van der Waals surface area (Å²) in [6.07, 6.45) is 6.13. The molecule has 0 aromatic heterocycles. The molecule has 1 saturated heterocycles. The first-order chi connectivity index (χ1) is 10.8. The molecule has 0 spiro atoms. The van der Waals surface area contributed by atoms with Crippen molar-refractivity contribution in [2.45, 2.75) is 19.3 Å². The second-order valence-electron chi connectivity index (χ2n) is 6.71. The molecule has 0 bridgehead atoms. The average molecular weight is 289 g/mol. The van der Waals surface area contributed by atoms with Crippen molar-refractivity contribution in [3.63, 3.8) is 0 Å². The highest BCUT2D eigenvalue weighted by Gasteiger charge is 2.22. The Morgan fingerprint density at radius 3 is 2.05 bits per heavy atom. The van der Waals surface area contributed by atoms with Crippen LogP contribution in [0.15, 0.2) is 54.6 Å². The van der Waals surface area contributed by atoms with Crippen LogP contribution in [0.25, 0.3) is 5.57 Å². The molecule has 1 heteroatoms. The zero-order valence-electron chi connectivity index (χ0n) is 13.3. The molecule has 1 unspecified atom stereocenters. The van der Waals surface area contributed by atoms with Crippen molar-refractivity contribution < 1.29 is 0 Å². The minimum absolute atomic E-state index is 0.680. The molecule has 1 aliphatic carbocycles. The van der Waals surface area contributed by atoms with E-state index in [9.17, 15) is 0 Å². The third-order valence-corrected chi connectivity index (χ3v) is 5.11. The second kappa shape index (κ2) is 5.73. The molecule has 2 aliphatic rings. The number of hydrogen-bond acceptors (Lipinski definition) is 1. The monoisotopic (exact) mass is 289 g/mol. The van der Waals surface area contributed by atoms with E-state index in [0.717, 1.165) is 12.8 Å². The Labute approximate surface area is 133 Å². The van der Waals surface area contributed by atoms with Crippen LogP contribution in [0.5, 0.6) is 0 Å². The van der Waals surface area contributed by atoms with E-state index in [0.29, 0.717) is 5.92 Å². The topological polar surface area (TPSA) is 3.24 Å². The molecule has 0 N–H and O–H groups in total. The summed E-state index contributed by atoms with van der Waals surface area (Å²) in [4.78, 5) is 2.44. The number of fused-ring (bicyclic) bond motifs is 2. The Bertz CT molecular complexity index is 664. The number of hydrogen-bond donors (Lipinski definition) is 0. The van der Waals surface area contributed by atoms with Crippen LogP contribution >= 0.6 is 0 Å². The van der Waals surface area contributed by atoms with E-state index >= 15 is 0 Å². The Kier molecular flexibility index (Phi) is 3.59. The van der Waals surface area contributed by atoms with Crippen LogP contribution in [-0.4, -0.2) is 25.0 Å². The molecule has 0 radical (unpaired) electrons. The van der Waals surface area contributed by atoms with Gasteiger partial charge in [-0.15, -0.1) is 0 Å².